The molecule has 7 nitrogen and oxygen atoms in total. The molecule has 0 atom stereocenters. The summed E-state index contributed by atoms with van der Waals surface area (Å²) in [6, 6.07) is 8.16. The van der Waals surface area contributed by atoms with Crippen molar-refractivity contribution in [2.24, 2.45) is 0 Å². The van der Waals surface area contributed by atoms with Gasteiger partial charge in [0.1, 0.15) is 5.82 Å². The molecule has 1 fully saturated rings. The number of benzene rings is 1. The van der Waals surface area contributed by atoms with Crippen molar-refractivity contribution in [3.05, 3.63) is 46.9 Å². The van der Waals surface area contributed by atoms with E-state index in [2.05, 4.69) is 10.1 Å². The Morgan fingerprint density at radius 2 is 1.93 bits per heavy atom. The fourth-order valence-electron chi connectivity index (χ4n) is 3.35. The number of hydrogen-bond acceptors (Lipinski definition) is 7. The third-order valence-corrected chi connectivity index (χ3v) is 8.11. The van der Waals surface area contributed by atoms with Gasteiger partial charge in [-0.1, -0.05) is 24.2 Å². The standard InChI is InChI=1S/C19H21FN4O3S2/c1-3-18-21-19(22-27-18)16-12-17(13(2)28-16)29(25,26)24-10-8-23(9-11-24)15-7-5-4-6-14(15)20/h4-7,12H,3,8-11H2,1-2H3. The van der Waals surface area contributed by atoms with Crippen LogP contribution in [0.15, 0.2) is 39.8 Å². The molecule has 1 aromatic carbocycles. The topological polar surface area (TPSA) is 79.5 Å². The minimum absolute atomic E-state index is 0.264. The molecule has 154 valence electrons. The summed E-state index contributed by atoms with van der Waals surface area (Å²) < 4.78 is 47.0. The van der Waals surface area contributed by atoms with Crippen molar-refractivity contribution >= 4 is 27.0 Å². The van der Waals surface area contributed by atoms with Crippen molar-refractivity contribution in [2.75, 3.05) is 31.1 Å². The fourth-order valence-corrected chi connectivity index (χ4v) is 6.25. The number of para-hydroxylation sites is 1. The van der Waals surface area contributed by atoms with Gasteiger partial charge in [0.2, 0.25) is 21.7 Å². The first-order valence-corrected chi connectivity index (χ1v) is 11.6. The van der Waals surface area contributed by atoms with Crippen LogP contribution in [0.1, 0.15) is 17.7 Å². The molecule has 0 N–H and O–H groups in total. The van der Waals surface area contributed by atoms with Gasteiger partial charge < -0.3 is 9.42 Å². The molecular formula is C19H21FN4O3S2. The second-order valence-corrected chi connectivity index (χ2v) is 9.90. The Hall–Kier alpha value is -2.30. The molecule has 0 saturated carbocycles. The molecule has 1 aliphatic rings. The molecule has 0 aliphatic carbocycles. The monoisotopic (exact) mass is 436 g/mol. The zero-order chi connectivity index (χ0) is 20.6. The predicted molar refractivity (Wildman–Crippen MR) is 109 cm³/mol. The van der Waals surface area contributed by atoms with Crippen LogP contribution in [0.4, 0.5) is 10.1 Å². The molecule has 1 saturated heterocycles. The zero-order valence-corrected chi connectivity index (χ0v) is 17.8. The number of sulfonamides is 1. The summed E-state index contributed by atoms with van der Waals surface area (Å²) in [6.45, 7) is 5.14. The Bertz CT molecular complexity index is 1120. The Balaban J connectivity index is 1.53. The Labute approximate surface area is 172 Å². The lowest BCUT2D eigenvalue weighted by molar-refractivity contribution is 0.382. The summed E-state index contributed by atoms with van der Waals surface area (Å²) in [5, 5.41) is 3.93. The average molecular weight is 437 g/mol. The summed E-state index contributed by atoms with van der Waals surface area (Å²) >= 11 is 1.33. The minimum atomic E-state index is -3.66. The molecule has 29 heavy (non-hydrogen) atoms. The normalized spacial score (nSPS) is 15.8. The maximum atomic E-state index is 14.0. The van der Waals surface area contributed by atoms with E-state index in [9.17, 15) is 12.8 Å². The number of aryl methyl sites for hydroxylation is 2. The zero-order valence-electron chi connectivity index (χ0n) is 16.1. The number of rotatable bonds is 5. The summed E-state index contributed by atoms with van der Waals surface area (Å²) in [6.07, 6.45) is 0.620. The third kappa shape index (κ3) is 3.79. The third-order valence-electron chi connectivity index (χ3n) is 4.91. The molecule has 3 aromatic rings. The van der Waals surface area contributed by atoms with Gasteiger partial charge in [0.25, 0.3) is 0 Å². The van der Waals surface area contributed by atoms with E-state index in [4.69, 9.17) is 4.52 Å². The Morgan fingerprint density at radius 3 is 2.59 bits per heavy atom. The largest absolute Gasteiger partial charge is 0.367 e. The van der Waals surface area contributed by atoms with Gasteiger partial charge in [-0.25, -0.2) is 12.8 Å². The maximum Gasteiger partial charge on any atom is 0.244 e. The van der Waals surface area contributed by atoms with Crippen LogP contribution in [0.25, 0.3) is 10.7 Å². The maximum absolute atomic E-state index is 14.0. The summed E-state index contributed by atoms with van der Waals surface area (Å²) in [7, 11) is -3.66. The fraction of sp³-hybridized carbons (Fsp3) is 0.368. The highest BCUT2D eigenvalue weighted by Crippen LogP contribution is 2.34. The number of thiophene rings is 1. The van der Waals surface area contributed by atoms with Crippen molar-refractivity contribution in [3.63, 3.8) is 0 Å². The number of halogens is 1. The van der Waals surface area contributed by atoms with E-state index in [1.165, 1.54) is 21.7 Å². The van der Waals surface area contributed by atoms with Gasteiger partial charge in [-0.05, 0) is 25.1 Å². The van der Waals surface area contributed by atoms with Gasteiger partial charge in [-0.2, -0.15) is 9.29 Å². The van der Waals surface area contributed by atoms with Crippen LogP contribution in [0, 0.1) is 12.7 Å². The van der Waals surface area contributed by atoms with E-state index in [-0.39, 0.29) is 10.7 Å². The van der Waals surface area contributed by atoms with E-state index < -0.39 is 10.0 Å². The predicted octanol–water partition coefficient (Wildman–Crippen LogP) is 3.32. The van der Waals surface area contributed by atoms with Gasteiger partial charge >= 0.3 is 0 Å². The van der Waals surface area contributed by atoms with E-state index in [1.807, 2.05) is 11.8 Å². The van der Waals surface area contributed by atoms with Crippen LogP contribution in [0.3, 0.4) is 0 Å². The molecule has 4 rings (SSSR count). The van der Waals surface area contributed by atoms with Crippen molar-refractivity contribution in [2.45, 2.75) is 25.2 Å². The highest BCUT2D eigenvalue weighted by Gasteiger charge is 2.32. The van der Waals surface area contributed by atoms with Gasteiger partial charge in [-0.15, -0.1) is 11.3 Å². The minimum Gasteiger partial charge on any atom is -0.367 e. The molecule has 0 bridgehead atoms. The van der Waals surface area contributed by atoms with E-state index in [1.54, 1.807) is 31.2 Å². The highest BCUT2D eigenvalue weighted by molar-refractivity contribution is 7.89. The van der Waals surface area contributed by atoms with Gasteiger partial charge in [0.15, 0.2) is 0 Å². The van der Waals surface area contributed by atoms with Crippen LogP contribution in [0.2, 0.25) is 0 Å². The average Bonchev–Trinajstić information content (AvgIpc) is 3.35. The second-order valence-electron chi connectivity index (χ2n) is 6.74. The van der Waals surface area contributed by atoms with Crippen LogP contribution in [0.5, 0.6) is 0 Å². The number of hydrogen-bond donors (Lipinski definition) is 0. The number of aromatic nitrogens is 2. The number of nitrogens with zero attached hydrogens (tertiary/aromatic N) is 4. The lowest BCUT2D eigenvalue weighted by atomic mass is 10.2. The summed E-state index contributed by atoms with van der Waals surface area (Å²) in [4.78, 5) is 7.76. The van der Waals surface area contributed by atoms with Crippen molar-refractivity contribution in [3.8, 4) is 10.7 Å². The molecule has 10 heteroatoms. The first-order valence-electron chi connectivity index (χ1n) is 9.33. The van der Waals surface area contributed by atoms with E-state index in [0.29, 0.717) is 59.8 Å². The second kappa shape index (κ2) is 7.85. The molecule has 0 amide bonds. The van der Waals surface area contributed by atoms with Crippen LogP contribution in [-0.2, 0) is 16.4 Å². The molecule has 3 heterocycles. The summed E-state index contributed by atoms with van der Waals surface area (Å²) in [5.41, 5.74) is 0.502. The van der Waals surface area contributed by atoms with Crippen molar-refractivity contribution in [1.82, 2.24) is 14.4 Å². The molecule has 2 aromatic heterocycles. The Kier molecular flexibility index (Phi) is 5.41. The van der Waals surface area contributed by atoms with Gasteiger partial charge in [0, 0.05) is 37.5 Å². The van der Waals surface area contributed by atoms with Gasteiger partial charge in [0.05, 0.1) is 15.5 Å². The molecule has 0 spiro atoms. The highest BCUT2D eigenvalue weighted by atomic mass is 32.2. The molecule has 1 aliphatic heterocycles. The molecule has 0 radical (unpaired) electrons. The smallest absolute Gasteiger partial charge is 0.244 e. The lowest BCUT2D eigenvalue weighted by Gasteiger charge is -2.35. The van der Waals surface area contributed by atoms with Crippen LogP contribution >= 0.6 is 11.3 Å². The number of anilines is 1. The van der Waals surface area contributed by atoms with Crippen LogP contribution < -0.4 is 4.90 Å². The first-order chi connectivity index (χ1) is 13.9. The first kappa shape index (κ1) is 20.0. The summed E-state index contributed by atoms with van der Waals surface area (Å²) in [5.74, 6) is 0.620. The SMILES string of the molecule is CCc1nc(-c2cc(S(=O)(=O)N3CCN(c4ccccc4F)CC3)c(C)s2)no1. The molecule has 0 unspecified atom stereocenters. The number of piperazine rings is 1. The van der Waals surface area contributed by atoms with Crippen molar-refractivity contribution < 1.29 is 17.3 Å². The van der Waals surface area contributed by atoms with Crippen molar-refractivity contribution in [1.29, 1.82) is 0 Å². The van der Waals surface area contributed by atoms with E-state index >= 15 is 0 Å². The lowest BCUT2D eigenvalue weighted by Crippen LogP contribution is -2.48. The van der Waals surface area contributed by atoms with E-state index in [0.717, 1.165) is 0 Å². The quantitative estimate of drug-likeness (QED) is 0.611. The van der Waals surface area contributed by atoms with Gasteiger partial charge in [-0.3, -0.25) is 0 Å². The van der Waals surface area contributed by atoms with Crippen LogP contribution in [-0.4, -0.2) is 49.0 Å². The Morgan fingerprint density at radius 1 is 1.21 bits per heavy atom. The molecular weight excluding hydrogens is 415 g/mol.